The quantitative estimate of drug-likeness (QED) is 0.513. The summed E-state index contributed by atoms with van der Waals surface area (Å²) in [6.45, 7) is 1.62. The number of Topliss-reactive ketones (excluding diaryl/α,β-unsaturated/α-hetero) is 1. The van der Waals surface area contributed by atoms with E-state index in [1.165, 1.54) is 0 Å². The van der Waals surface area contributed by atoms with Crippen molar-refractivity contribution in [2.45, 2.75) is 12.8 Å². The summed E-state index contributed by atoms with van der Waals surface area (Å²) in [5, 5.41) is 6.32. The zero-order valence-electron chi connectivity index (χ0n) is 6.39. The van der Waals surface area contributed by atoms with Gasteiger partial charge in [-0.2, -0.15) is 0 Å². The summed E-state index contributed by atoms with van der Waals surface area (Å²) in [6, 6.07) is 0. The van der Waals surface area contributed by atoms with Crippen LogP contribution in [0.15, 0.2) is 11.8 Å². The second kappa shape index (κ2) is 2.66. The van der Waals surface area contributed by atoms with Gasteiger partial charge in [-0.3, -0.25) is 10.1 Å². The number of hydrogen-bond donors (Lipinski definition) is 2. The maximum atomic E-state index is 11.3. The van der Waals surface area contributed by atoms with Crippen LogP contribution in [0.25, 0.3) is 0 Å². The van der Waals surface area contributed by atoms with Crippen LogP contribution in [0.2, 0.25) is 0 Å². The lowest BCUT2D eigenvalue weighted by Crippen LogP contribution is -2.46. The molecule has 0 aromatic rings. The van der Waals surface area contributed by atoms with Gasteiger partial charge in [-0.05, 0) is 6.42 Å². The second-order valence-corrected chi connectivity index (χ2v) is 3.02. The molecule has 0 aromatic heterocycles. The standard InChI is InChI=1S/C8H12N2O/c11-8-3-1-2-7-6(8)4-9-5-10-7/h2,6,9-10H,1,3-5H2. The van der Waals surface area contributed by atoms with Crippen LogP contribution in [0.3, 0.4) is 0 Å². The van der Waals surface area contributed by atoms with E-state index in [0.717, 1.165) is 31.8 Å². The first-order chi connectivity index (χ1) is 5.38. The van der Waals surface area contributed by atoms with Crippen LogP contribution in [-0.2, 0) is 4.79 Å². The molecule has 1 heterocycles. The van der Waals surface area contributed by atoms with Crippen molar-refractivity contribution in [1.82, 2.24) is 10.6 Å². The lowest BCUT2D eigenvalue weighted by molar-refractivity contribution is -0.122. The largest absolute Gasteiger partial charge is 0.375 e. The molecule has 1 atom stereocenters. The van der Waals surface area contributed by atoms with Crippen molar-refractivity contribution in [3.8, 4) is 0 Å². The highest BCUT2D eigenvalue weighted by Gasteiger charge is 2.27. The number of fused-ring (bicyclic) bond motifs is 1. The topological polar surface area (TPSA) is 41.1 Å². The lowest BCUT2D eigenvalue weighted by atomic mass is 9.90. The molecule has 0 saturated carbocycles. The molecular formula is C8H12N2O. The van der Waals surface area contributed by atoms with E-state index < -0.39 is 0 Å². The third-order valence-corrected chi connectivity index (χ3v) is 2.29. The Balaban J connectivity index is 2.19. The number of carbonyl (C=O) groups excluding carboxylic acids is 1. The number of hydrogen-bond acceptors (Lipinski definition) is 3. The minimum Gasteiger partial charge on any atom is -0.375 e. The first kappa shape index (κ1) is 6.85. The Morgan fingerprint density at radius 1 is 1.55 bits per heavy atom. The molecule has 0 amide bonds. The molecule has 2 N–H and O–H groups in total. The first-order valence-electron chi connectivity index (χ1n) is 4.05. The molecule has 60 valence electrons. The van der Waals surface area contributed by atoms with Gasteiger partial charge in [0.25, 0.3) is 0 Å². The van der Waals surface area contributed by atoms with Crippen molar-refractivity contribution in [2.24, 2.45) is 5.92 Å². The molecule has 1 unspecified atom stereocenters. The predicted octanol–water partition coefficient (Wildman–Crippen LogP) is -0.000300. The smallest absolute Gasteiger partial charge is 0.143 e. The van der Waals surface area contributed by atoms with Gasteiger partial charge in [0.15, 0.2) is 0 Å². The molecule has 2 aliphatic rings. The fourth-order valence-electron chi connectivity index (χ4n) is 1.66. The van der Waals surface area contributed by atoms with Gasteiger partial charge < -0.3 is 5.32 Å². The van der Waals surface area contributed by atoms with E-state index in [-0.39, 0.29) is 5.92 Å². The van der Waals surface area contributed by atoms with Gasteiger partial charge in [0.2, 0.25) is 0 Å². The summed E-state index contributed by atoms with van der Waals surface area (Å²) >= 11 is 0. The zero-order chi connectivity index (χ0) is 7.68. The van der Waals surface area contributed by atoms with Gasteiger partial charge >= 0.3 is 0 Å². The summed E-state index contributed by atoms with van der Waals surface area (Å²) in [5.41, 5.74) is 1.14. The van der Waals surface area contributed by atoms with Crippen LogP contribution < -0.4 is 10.6 Å². The SMILES string of the molecule is O=C1CCC=C2NCNCC12. The molecule has 0 aromatic carbocycles. The Morgan fingerprint density at radius 2 is 2.45 bits per heavy atom. The maximum Gasteiger partial charge on any atom is 0.143 e. The van der Waals surface area contributed by atoms with Crippen LogP contribution in [0.4, 0.5) is 0 Å². The second-order valence-electron chi connectivity index (χ2n) is 3.02. The summed E-state index contributed by atoms with van der Waals surface area (Å²) in [6.07, 6.45) is 3.78. The average Bonchev–Trinajstić information content (AvgIpc) is 2.06. The van der Waals surface area contributed by atoms with E-state index in [1.807, 2.05) is 0 Å². The summed E-state index contributed by atoms with van der Waals surface area (Å²) in [5.74, 6) is 0.500. The normalized spacial score (nSPS) is 30.4. The summed E-state index contributed by atoms with van der Waals surface area (Å²) in [4.78, 5) is 11.3. The minimum absolute atomic E-state index is 0.123. The van der Waals surface area contributed by atoms with E-state index in [1.54, 1.807) is 0 Å². The Labute approximate surface area is 65.9 Å². The Kier molecular flexibility index (Phi) is 1.66. The van der Waals surface area contributed by atoms with E-state index in [2.05, 4.69) is 16.7 Å². The summed E-state index contributed by atoms with van der Waals surface area (Å²) in [7, 11) is 0. The number of allylic oxidation sites excluding steroid dienone is 1. The van der Waals surface area contributed by atoms with Gasteiger partial charge in [0.1, 0.15) is 5.78 Å². The molecule has 0 bridgehead atoms. The van der Waals surface area contributed by atoms with Gasteiger partial charge in [0.05, 0.1) is 12.6 Å². The molecule has 1 aliphatic heterocycles. The summed E-state index contributed by atoms with van der Waals surface area (Å²) < 4.78 is 0. The van der Waals surface area contributed by atoms with Crippen molar-refractivity contribution in [1.29, 1.82) is 0 Å². The van der Waals surface area contributed by atoms with E-state index in [4.69, 9.17) is 0 Å². The van der Waals surface area contributed by atoms with E-state index in [9.17, 15) is 4.79 Å². The van der Waals surface area contributed by atoms with Crippen molar-refractivity contribution < 1.29 is 4.79 Å². The third-order valence-electron chi connectivity index (χ3n) is 2.29. The van der Waals surface area contributed by atoms with Crippen molar-refractivity contribution in [3.05, 3.63) is 11.8 Å². The predicted molar refractivity (Wildman–Crippen MR) is 41.8 cm³/mol. The minimum atomic E-state index is 0.123. The molecule has 1 fully saturated rings. The van der Waals surface area contributed by atoms with Gasteiger partial charge in [-0.25, -0.2) is 0 Å². The van der Waals surface area contributed by atoms with Gasteiger partial charge in [-0.15, -0.1) is 0 Å². The highest BCUT2D eigenvalue weighted by atomic mass is 16.1. The molecule has 1 saturated heterocycles. The zero-order valence-corrected chi connectivity index (χ0v) is 6.39. The highest BCUT2D eigenvalue weighted by molar-refractivity contribution is 5.85. The van der Waals surface area contributed by atoms with Crippen LogP contribution in [-0.4, -0.2) is 19.0 Å². The van der Waals surface area contributed by atoms with Crippen LogP contribution >= 0.6 is 0 Å². The van der Waals surface area contributed by atoms with Crippen LogP contribution in [0.5, 0.6) is 0 Å². The monoisotopic (exact) mass is 152 g/mol. The molecule has 3 heteroatoms. The number of ketones is 1. The fourth-order valence-corrected chi connectivity index (χ4v) is 1.66. The van der Waals surface area contributed by atoms with Gasteiger partial charge in [0, 0.05) is 18.7 Å². The number of carbonyl (C=O) groups is 1. The molecule has 2 rings (SSSR count). The molecular weight excluding hydrogens is 140 g/mol. The van der Waals surface area contributed by atoms with Crippen LogP contribution in [0, 0.1) is 5.92 Å². The third kappa shape index (κ3) is 1.16. The highest BCUT2D eigenvalue weighted by Crippen LogP contribution is 2.20. The number of nitrogens with one attached hydrogen (secondary N) is 2. The maximum absolute atomic E-state index is 11.3. The Morgan fingerprint density at radius 3 is 3.27 bits per heavy atom. The average molecular weight is 152 g/mol. The van der Waals surface area contributed by atoms with Gasteiger partial charge in [-0.1, -0.05) is 6.08 Å². The molecule has 3 nitrogen and oxygen atoms in total. The molecule has 1 aliphatic carbocycles. The van der Waals surface area contributed by atoms with Crippen LogP contribution in [0.1, 0.15) is 12.8 Å². The lowest BCUT2D eigenvalue weighted by Gasteiger charge is -2.29. The molecule has 11 heavy (non-hydrogen) atoms. The molecule has 0 spiro atoms. The van der Waals surface area contributed by atoms with Crippen molar-refractivity contribution >= 4 is 5.78 Å². The Bertz CT molecular complexity index is 210. The fraction of sp³-hybridized carbons (Fsp3) is 0.625. The molecule has 0 radical (unpaired) electrons. The number of rotatable bonds is 0. The van der Waals surface area contributed by atoms with Crippen molar-refractivity contribution in [2.75, 3.05) is 13.2 Å². The first-order valence-corrected chi connectivity index (χ1v) is 4.05. The van der Waals surface area contributed by atoms with E-state index in [0.29, 0.717) is 5.78 Å². The van der Waals surface area contributed by atoms with E-state index >= 15 is 0 Å². The van der Waals surface area contributed by atoms with Crippen molar-refractivity contribution in [3.63, 3.8) is 0 Å². The Hall–Kier alpha value is -0.830.